The molecule has 12 nitrogen and oxygen atoms in total. The van der Waals surface area contributed by atoms with E-state index in [9.17, 15) is 34.5 Å². The van der Waals surface area contributed by atoms with Gasteiger partial charge in [0.1, 0.15) is 18.8 Å². The second-order valence-corrected chi connectivity index (χ2v) is 18.4. The van der Waals surface area contributed by atoms with E-state index in [4.69, 9.17) is 23.7 Å². The van der Waals surface area contributed by atoms with E-state index >= 15 is 0 Å². The van der Waals surface area contributed by atoms with Crippen LogP contribution in [0.2, 0.25) is 0 Å². The van der Waals surface area contributed by atoms with Crippen molar-refractivity contribution in [3.8, 4) is 0 Å². The van der Waals surface area contributed by atoms with Crippen LogP contribution >= 0.6 is 0 Å². The minimum Gasteiger partial charge on any atom is -0.479 e. The molecule has 12 heteroatoms. The molecule has 0 radical (unpaired) electrons. The molecule has 412 valence electrons. The molecule has 1 aliphatic rings. The lowest BCUT2D eigenvalue weighted by Gasteiger charge is -2.40. The first-order chi connectivity index (χ1) is 35.6. The Morgan fingerprint density at radius 1 is 0.466 bits per heavy atom. The maximum absolute atomic E-state index is 13.1. The number of aliphatic hydroxyl groups excluding tert-OH is 2. The summed E-state index contributed by atoms with van der Waals surface area (Å²) in [6.07, 6.45) is 52.2. The average molecular weight is 1020 g/mol. The third-order valence-corrected chi connectivity index (χ3v) is 11.8. The number of aliphatic hydroxyl groups is 2. The number of hydrogen-bond acceptors (Lipinski definition) is 11. The van der Waals surface area contributed by atoms with Crippen molar-refractivity contribution < 1.29 is 58.2 Å². The van der Waals surface area contributed by atoms with Gasteiger partial charge in [0.25, 0.3) is 0 Å². The van der Waals surface area contributed by atoms with Gasteiger partial charge in [0.2, 0.25) is 0 Å². The van der Waals surface area contributed by atoms with Crippen LogP contribution in [0.25, 0.3) is 0 Å². The molecule has 0 spiro atoms. The van der Waals surface area contributed by atoms with Crippen molar-refractivity contribution >= 4 is 23.9 Å². The van der Waals surface area contributed by atoms with Gasteiger partial charge in [0.15, 0.2) is 24.6 Å². The van der Waals surface area contributed by atoms with Crippen LogP contribution in [-0.4, -0.2) is 89.2 Å². The number of esters is 3. The van der Waals surface area contributed by atoms with E-state index in [-0.39, 0.29) is 25.9 Å². The Morgan fingerprint density at radius 3 is 1.38 bits per heavy atom. The molecular weight excluding hydrogens is 925 g/mol. The number of carbonyl (C=O) groups excluding carboxylic acids is 3. The first-order valence-corrected chi connectivity index (χ1v) is 27.9. The van der Waals surface area contributed by atoms with Crippen molar-refractivity contribution in [1.29, 1.82) is 0 Å². The summed E-state index contributed by atoms with van der Waals surface area (Å²) in [5.41, 5.74) is 0. The summed E-state index contributed by atoms with van der Waals surface area (Å²) >= 11 is 0. The maximum Gasteiger partial charge on any atom is 0.335 e. The fourth-order valence-electron chi connectivity index (χ4n) is 7.59. The SMILES string of the molecule is CC/C=C\C/C=C\C/C=C\C/C=C\C/C=C\CCCC(=O)OCC(COC1OC(C(=O)O)C(O)C(O)C1OC(=O)CCCCCCC/C=C\CCCCCC)OC(=O)CCCCC/C=C\C/C=C\C/C=C\CC. The van der Waals surface area contributed by atoms with Crippen molar-refractivity contribution in [2.75, 3.05) is 13.2 Å². The Labute approximate surface area is 440 Å². The molecule has 0 saturated carbocycles. The normalized spacial score (nSPS) is 19.2. The third kappa shape index (κ3) is 38.6. The number of unbranched alkanes of at least 4 members (excludes halogenated alkanes) is 13. The third-order valence-electron chi connectivity index (χ3n) is 11.8. The highest BCUT2D eigenvalue weighted by molar-refractivity contribution is 5.74. The summed E-state index contributed by atoms with van der Waals surface area (Å²) in [6.45, 7) is 5.64. The molecule has 0 amide bonds. The number of hydrogen-bond donors (Lipinski definition) is 3. The van der Waals surface area contributed by atoms with Gasteiger partial charge in [0.05, 0.1) is 6.61 Å². The van der Waals surface area contributed by atoms with E-state index in [1.807, 2.05) is 6.08 Å². The Bertz CT molecular complexity index is 1690. The van der Waals surface area contributed by atoms with Gasteiger partial charge < -0.3 is 39.0 Å². The van der Waals surface area contributed by atoms with Gasteiger partial charge in [-0.3, -0.25) is 14.4 Å². The molecule has 1 fully saturated rings. The first kappa shape index (κ1) is 66.4. The fraction of sp³-hybridized carbons (Fsp3) is 0.639. The van der Waals surface area contributed by atoms with Crippen molar-refractivity contribution in [1.82, 2.24) is 0 Å². The van der Waals surface area contributed by atoms with Crippen LogP contribution in [0.3, 0.4) is 0 Å². The molecule has 0 aromatic heterocycles. The zero-order chi connectivity index (χ0) is 53.3. The summed E-state index contributed by atoms with van der Waals surface area (Å²) < 4.78 is 28.2. The summed E-state index contributed by atoms with van der Waals surface area (Å²) in [7, 11) is 0. The number of aliphatic carboxylic acids is 1. The molecule has 0 aromatic rings. The van der Waals surface area contributed by atoms with Crippen LogP contribution in [0.5, 0.6) is 0 Å². The molecular formula is C61H96O12. The van der Waals surface area contributed by atoms with E-state index < -0.39 is 67.3 Å². The minimum absolute atomic E-state index is 0.0359. The molecule has 6 atom stereocenters. The minimum atomic E-state index is -1.92. The fourth-order valence-corrected chi connectivity index (χ4v) is 7.59. The van der Waals surface area contributed by atoms with Crippen LogP contribution in [0.1, 0.15) is 201 Å². The number of carboxylic acids is 1. The van der Waals surface area contributed by atoms with Crippen molar-refractivity contribution in [2.45, 2.75) is 237 Å². The molecule has 73 heavy (non-hydrogen) atoms. The van der Waals surface area contributed by atoms with Gasteiger partial charge >= 0.3 is 23.9 Å². The Hall–Kier alpha value is -4.62. The van der Waals surface area contributed by atoms with Crippen LogP contribution in [-0.2, 0) is 42.9 Å². The van der Waals surface area contributed by atoms with E-state index in [0.717, 1.165) is 109 Å². The summed E-state index contributed by atoms with van der Waals surface area (Å²) in [5, 5.41) is 31.4. The molecule has 1 heterocycles. The zero-order valence-electron chi connectivity index (χ0n) is 45.1. The first-order valence-electron chi connectivity index (χ1n) is 27.9. The van der Waals surface area contributed by atoms with Gasteiger partial charge in [-0.05, 0) is 116 Å². The predicted molar refractivity (Wildman–Crippen MR) is 294 cm³/mol. The zero-order valence-corrected chi connectivity index (χ0v) is 45.1. The van der Waals surface area contributed by atoms with E-state index in [1.54, 1.807) is 0 Å². The van der Waals surface area contributed by atoms with Gasteiger partial charge in [-0.25, -0.2) is 4.79 Å². The topological polar surface area (TPSA) is 175 Å². The number of carboxylic acid groups (broad SMARTS) is 1. The molecule has 1 saturated heterocycles. The van der Waals surface area contributed by atoms with Crippen LogP contribution < -0.4 is 0 Å². The Balaban J connectivity index is 2.78. The van der Waals surface area contributed by atoms with Crippen molar-refractivity contribution in [2.24, 2.45) is 0 Å². The van der Waals surface area contributed by atoms with Crippen LogP contribution in [0.15, 0.2) is 109 Å². The average Bonchev–Trinajstić information content (AvgIpc) is 3.37. The van der Waals surface area contributed by atoms with Gasteiger partial charge in [-0.2, -0.15) is 0 Å². The largest absolute Gasteiger partial charge is 0.479 e. The molecule has 0 bridgehead atoms. The van der Waals surface area contributed by atoms with E-state index in [0.29, 0.717) is 25.7 Å². The molecule has 0 aliphatic carbocycles. The quantitative estimate of drug-likeness (QED) is 0.0228. The molecule has 1 rings (SSSR count). The van der Waals surface area contributed by atoms with E-state index in [2.05, 4.69) is 124 Å². The lowest BCUT2D eigenvalue weighted by atomic mass is 9.98. The number of rotatable bonds is 45. The Kier molecular flexibility index (Phi) is 44.0. The highest BCUT2D eigenvalue weighted by Crippen LogP contribution is 2.26. The standard InChI is InChI=1S/C61H96O12/c1-4-7-10-13-16-19-22-25-26-27-28-31-32-35-38-41-44-47-53(62)69-50-52(71-54(63)48-45-42-39-36-33-29-23-20-17-14-11-8-5-2)51-70-61-59(57(66)56(65)58(73-61)60(67)68)72-55(64)49-46-43-40-37-34-30-24-21-18-15-12-9-6-3/h7-8,10-11,16-17,19-21,24-26,28-29,31,33,35,38,52,56-59,61,65-66H,4-6,9,12-15,18,22-23,27,30,32,34,36-37,39-51H2,1-3H3,(H,67,68)/b10-7-,11-8-,19-16-,20-17-,24-21-,26-25-,31-28-,33-29-,38-35-. The monoisotopic (exact) mass is 1020 g/mol. The highest BCUT2D eigenvalue weighted by Gasteiger charge is 2.50. The van der Waals surface area contributed by atoms with Crippen LogP contribution in [0, 0.1) is 0 Å². The van der Waals surface area contributed by atoms with Crippen molar-refractivity contribution in [3.05, 3.63) is 109 Å². The maximum atomic E-state index is 13.1. The smallest absolute Gasteiger partial charge is 0.335 e. The van der Waals surface area contributed by atoms with Gasteiger partial charge in [0, 0.05) is 19.3 Å². The Morgan fingerprint density at radius 2 is 0.877 bits per heavy atom. The van der Waals surface area contributed by atoms with Crippen molar-refractivity contribution in [3.63, 3.8) is 0 Å². The summed E-state index contributed by atoms with van der Waals surface area (Å²) in [5.74, 6) is -3.27. The van der Waals surface area contributed by atoms with E-state index in [1.165, 1.54) is 25.7 Å². The molecule has 1 aliphatic heterocycles. The molecule has 6 unspecified atom stereocenters. The number of ether oxygens (including phenoxy) is 5. The molecule has 0 aromatic carbocycles. The summed E-state index contributed by atoms with van der Waals surface area (Å²) in [4.78, 5) is 51.0. The van der Waals surface area contributed by atoms with Gasteiger partial charge in [-0.1, -0.05) is 175 Å². The lowest BCUT2D eigenvalue weighted by molar-refractivity contribution is -0.301. The highest BCUT2D eigenvalue weighted by atomic mass is 16.7. The summed E-state index contributed by atoms with van der Waals surface area (Å²) in [6, 6.07) is 0. The van der Waals surface area contributed by atoms with Crippen LogP contribution in [0.4, 0.5) is 0 Å². The number of carbonyl (C=O) groups is 4. The van der Waals surface area contributed by atoms with Gasteiger partial charge in [-0.15, -0.1) is 0 Å². The number of allylic oxidation sites excluding steroid dienone is 18. The molecule has 3 N–H and O–H groups in total. The predicted octanol–water partition coefficient (Wildman–Crippen LogP) is 13.9. The lowest BCUT2D eigenvalue weighted by Crippen LogP contribution is -2.61. The second kappa shape index (κ2) is 48.3. The second-order valence-electron chi connectivity index (χ2n) is 18.4.